The maximum atomic E-state index is 4.91. The number of nitrogens with one attached hydrogen (secondary N) is 1. The van der Waals surface area contributed by atoms with Gasteiger partial charge in [-0.25, -0.2) is 0 Å². The number of amidine groups is 1. The molecule has 1 N–H and O–H groups in total. The van der Waals surface area contributed by atoms with Crippen LogP contribution in [0.4, 0.5) is 0 Å². The maximum Gasteiger partial charge on any atom is 0.157 e. The molecular weight excluding hydrogens is 260 g/mol. The molecule has 18 heavy (non-hydrogen) atoms. The Morgan fingerprint density at radius 2 is 2.44 bits per heavy atom. The Kier molecular flexibility index (Phi) is 3.94. The molecule has 2 aliphatic rings. The van der Waals surface area contributed by atoms with E-state index in [4.69, 9.17) is 4.99 Å². The van der Waals surface area contributed by atoms with E-state index in [2.05, 4.69) is 29.8 Å². The fraction of sp³-hybridized carbons (Fsp3) is 0.643. The van der Waals surface area contributed by atoms with Crippen molar-refractivity contribution in [3.8, 4) is 0 Å². The molecule has 0 spiro atoms. The number of nitrogens with zero attached hydrogens (tertiary/aromatic N) is 1. The first kappa shape index (κ1) is 12.5. The first-order chi connectivity index (χ1) is 8.86. The van der Waals surface area contributed by atoms with Gasteiger partial charge in [0.2, 0.25) is 0 Å². The van der Waals surface area contributed by atoms with Gasteiger partial charge >= 0.3 is 0 Å². The number of thiophene rings is 1. The molecule has 3 unspecified atom stereocenters. The zero-order valence-corrected chi connectivity index (χ0v) is 12.4. The van der Waals surface area contributed by atoms with Crippen molar-refractivity contribution < 1.29 is 0 Å². The first-order valence-corrected chi connectivity index (χ1v) is 8.74. The molecule has 1 aliphatic carbocycles. The summed E-state index contributed by atoms with van der Waals surface area (Å²) in [5.41, 5.74) is 0. The summed E-state index contributed by atoms with van der Waals surface area (Å²) in [5.74, 6) is 2.11. The second-order valence-electron chi connectivity index (χ2n) is 5.12. The molecule has 1 fully saturated rings. The largest absolute Gasteiger partial charge is 0.357 e. The summed E-state index contributed by atoms with van der Waals surface area (Å²) >= 11 is 3.76. The summed E-state index contributed by atoms with van der Waals surface area (Å²) in [6.45, 7) is 2.24. The predicted molar refractivity (Wildman–Crippen MR) is 81.5 cm³/mol. The molecule has 0 aromatic carbocycles. The molecule has 3 rings (SSSR count). The van der Waals surface area contributed by atoms with Gasteiger partial charge in [0.05, 0.1) is 12.1 Å². The second-order valence-corrected chi connectivity index (χ2v) is 7.11. The van der Waals surface area contributed by atoms with Crippen LogP contribution in [0.5, 0.6) is 0 Å². The average molecular weight is 280 g/mol. The molecule has 0 bridgehead atoms. The third-order valence-corrected chi connectivity index (χ3v) is 6.01. The Morgan fingerprint density at radius 3 is 3.22 bits per heavy atom. The SMILES string of the molecule is CCC(NC1=NC2CCCC2CS1)c1cccs1. The van der Waals surface area contributed by atoms with Crippen LogP contribution in [-0.2, 0) is 0 Å². The number of rotatable bonds is 3. The van der Waals surface area contributed by atoms with Gasteiger partial charge in [0.1, 0.15) is 0 Å². The van der Waals surface area contributed by atoms with E-state index in [0.29, 0.717) is 12.1 Å². The Morgan fingerprint density at radius 1 is 1.50 bits per heavy atom. The third kappa shape index (κ3) is 2.59. The lowest BCUT2D eigenvalue weighted by Crippen LogP contribution is -2.32. The zero-order valence-electron chi connectivity index (χ0n) is 10.8. The van der Waals surface area contributed by atoms with Crippen molar-refractivity contribution in [3.05, 3.63) is 22.4 Å². The molecule has 1 aromatic heterocycles. The number of aliphatic imine (C=N–C) groups is 1. The molecule has 0 amide bonds. The van der Waals surface area contributed by atoms with Crippen molar-refractivity contribution in [3.63, 3.8) is 0 Å². The van der Waals surface area contributed by atoms with E-state index >= 15 is 0 Å². The van der Waals surface area contributed by atoms with Crippen molar-refractivity contribution in [2.45, 2.75) is 44.7 Å². The molecule has 2 heterocycles. The van der Waals surface area contributed by atoms with Crippen LogP contribution in [0.25, 0.3) is 0 Å². The first-order valence-electron chi connectivity index (χ1n) is 6.87. The second kappa shape index (κ2) is 5.66. The van der Waals surface area contributed by atoms with Gasteiger partial charge in [0.25, 0.3) is 0 Å². The van der Waals surface area contributed by atoms with Crippen LogP contribution in [0.3, 0.4) is 0 Å². The van der Waals surface area contributed by atoms with E-state index in [0.717, 1.165) is 12.3 Å². The summed E-state index contributed by atoms with van der Waals surface area (Å²) in [5, 5.41) is 6.98. The number of thioether (sulfide) groups is 1. The zero-order chi connectivity index (χ0) is 12.4. The van der Waals surface area contributed by atoms with Crippen LogP contribution in [0.15, 0.2) is 22.5 Å². The summed E-state index contributed by atoms with van der Waals surface area (Å²) in [6, 6.07) is 5.40. The number of hydrogen-bond acceptors (Lipinski definition) is 4. The van der Waals surface area contributed by atoms with Gasteiger partial charge in [-0.15, -0.1) is 11.3 Å². The molecule has 1 aromatic rings. The lowest BCUT2D eigenvalue weighted by Gasteiger charge is -2.26. The van der Waals surface area contributed by atoms with Gasteiger partial charge in [0.15, 0.2) is 5.17 Å². The highest BCUT2D eigenvalue weighted by Gasteiger charge is 2.31. The van der Waals surface area contributed by atoms with Crippen LogP contribution in [0.1, 0.15) is 43.5 Å². The topological polar surface area (TPSA) is 24.4 Å². The fourth-order valence-corrected chi connectivity index (χ4v) is 4.90. The highest BCUT2D eigenvalue weighted by molar-refractivity contribution is 8.13. The minimum Gasteiger partial charge on any atom is -0.357 e. The quantitative estimate of drug-likeness (QED) is 0.903. The molecule has 4 heteroatoms. The Balaban J connectivity index is 1.68. The van der Waals surface area contributed by atoms with Crippen molar-refractivity contribution in [1.82, 2.24) is 5.32 Å². The average Bonchev–Trinajstić information content (AvgIpc) is 3.06. The highest BCUT2D eigenvalue weighted by Crippen LogP contribution is 2.35. The van der Waals surface area contributed by atoms with Gasteiger partial charge in [0, 0.05) is 10.6 Å². The number of fused-ring (bicyclic) bond motifs is 1. The Labute approximate surface area is 117 Å². The van der Waals surface area contributed by atoms with E-state index < -0.39 is 0 Å². The summed E-state index contributed by atoms with van der Waals surface area (Å²) in [4.78, 5) is 6.34. The Bertz CT molecular complexity index is 413. The summed E-state index contributed by atoms with van der Waals surface area (Å²) in [6.07, 6.45) is 5.17. The number of hydrogen-bond donors (Lipinski definition) is 1. The van der Waals surface area contributed by atoms with Crippen LogP contribution in [0.2, 0.25) is 0 Å². The van der Waals surface area contributed by atoms with Gasteiger partial charge in [-0.1, -0.05) is 31.2 Å². The van der Waals surface area contributed by atoms with Gasteiger partial charge in [-0.2, -0.15) is 0 Å². The van der Waals surface area contributed by atoms with E-state index in [-0.39, 0.29) is 0 Å². The molecule has 0 radical (unpaired) electrons. The van der Waals surface area contributed by atoms with E-state index in [1.54, 1.807) is 0 Å². The monoisotopic (exact) mass is 280 g/mol. The van der Waals surface area contributed by atoms with Crippen LogP contribution in [-0.4, -0.2) is 17.0 Å². The molecule has 1 saturated carbocycles. The third-order valence-electron chi connectivity index (χ3n) is 3.93. The summed E-state index contributed by atoms with van der Waals surface area (Å²) in [7, 11) is 0. The molecular formula is C14H20N2S2. The normalized spacial score (nSPS) is 28.6. The Hall–Kier alpha value is -0.480. The standard InChI is InChI=1S/C14H20N2S2/c1-2-11(13-7-4-8-17-13)15-14-16-12-6-3-5-10(12)9-18-14/h4,7-8,10-12H,2-3,5-6,9H2,1H3,(H,15,16). The van der Waals surface area contributed by atoms with Crippen LogP contribution < -0.4 is 5.32 Å². The van der Waals surface area contributed by atoms with Gasteiger partial charge in [-0.3, -0.25) is 4.99 Å². The maximum absolute atomic E-state index is 4.91. The van der Waals surface area contributed by atoms with Crippen molar-refractivity contribution in [1.29, 1.82) is 0 Å². The molecule has 2 nitrogen and oxygen atoms in total. The van der Waals surface area contributed by atoms with E-state index in [9.17, 15) is 0 Å². The van der Waals surface area contributed by atoms with Gasteiger partial charge in [-0.05, 0) is 36.6 Å². The predicted octanol–water partition coefficient (Wildman–Crippen LogP) is 4.06. The van der Waals surface area contributed by atoms with Crippen molar-refractivity contribution >= 4 is 28.3 Å². The van der Waals surface area contributed by atoms with Gasteiger partial charge < -0.3 is 5.32 Å². The fourth-order valence-electron chi connectivity index (χ4n) is 2.85. The minimum atomic E-state index is 0.439. The van der Waals surface area contributed by atoms with Crippen LogP contribution in [0, 0.1) is 5.92 Å². The molecule has 3 atom stereocenters. The van der Waals surface area contributed by atoms with E-state index in [1.807, 2.05) is 23.1 Å². The summed E-state index contributed by atoms with van der Waals surface area (Å²) < 4.78 is 0. The lowest BCUT2D eigenvalue weighted by atomic mass is 10.1. The minimum absolute atomic E-state index is 0.439. The van der Waals surface area contributed by atoms with Crippen molar-refractivity contribution in [2.24, 2.45) is 10.9 Å². The van der Waals surface area contributed by atoms with Crippen molar-refractivity contribution in [2.75, 3.05) is 5.75 Å². The lowest BCUT2D eigenvalue weighted by molar-refractivity contribution is 0.529. The molecule has 1 aliphatic heterocycles. The smallest absolute Gasteiger partial charge is 0.157 e. The van der Waals surface area contributed by atoms with E-state index in [1.165, 1.54) is 35.1 Å². The molecule has 98 valence electrons. The highest BCUT2D eigenvalue weighted by atomic mass is 32.2. The molecule has 0 saturated heterocycles. The van der Waals surface area contributed by atoms with Crippen LogP contribution >= 0.6 is 23.1 Å².